The van der Waals surface area contributed by atoms with Gasteiger partial charge in [0.25, 0.3) is 0 Å². The van der Waals surface area contributed by atoms with E-state index < -0.39 is 67.4 Å². The number of nitrogens with two attached hydrogens (primary N) is 1. The van der Waals surface area contributed by atoms with Crippen molar-refractivity contribution in [1.82, 2.24) is 24.9 Å². The normalized spacial score (nSPS) is 24.6. The molecule has 2 saturated carbocycles. The zero-order chi connectivity index (χ0) is 23.3. The molecule has 0 bridgehead atoms. The second kappa shape index (κ2) is 7.66. The van der Waals surface area contributed by atoms with Gasteiger partial charge in [0.1, 0.15) is 5.69 Å². The minimum absolute atomic E-state index is 0.0133. The van der Waals surface area contributed by atoms with E-state index in [0.717, 1.165) is 6.20 Å². The molecule has 2 aliphatic carbocycles. The minimum atomic E-state index is -4.78. The number of halogens is 7. The summed E-state index contributed by atoms with van der Waals surface area (Å²) in [5.41, 5.74) is 4.04. The maximum atomic E-state index is 13.9. The second-order valence-corrected chi connectivity index (χ2v) is 8.02. The van der Waals surface area contributed by atoms with Gasteiger partial charge in [-0.3, -0.25) is 4.98 Å². The predicted molar refractivity (Wildman–Crippen MR) is 97.9 cm³/mol. The van der Waals surface area contributed by atoms with Gasteiger partial charge in [-0.15, -0.1) is 0 Å². The van der Waals surface area contributed by atoms with Gasteiger partial charge in [0.05, 0.1) is 12.4 Å². The zero-order valence-corrected chi connectivity index (χ0v) is 16.5. The first kappa shape index (κ1) is 22.4. The molecule has 7 nitrogen and oxygen atoms in total. The molecule has 4 rings (SSSR count). The Labute approximate surface area is 177 Å². The van der Waals surface area contributed by atoms with Gasteiger partial charge < -0.3 is 10.6 Å². The lowest BCUT2D eigenvalue weighted by molar-refractivity contribution is -0.141. The quantitative estimate of drug-likeness (QED) is 0.680. The molecule has 2 N–H and O–H groups in total. The standard InChI is InChI=1S/C18H18F7N7/c19-16(20)3-1-9(5-16)32(10-2-4-17(21,22)6-10)15-30-13(29-14(26)31-15)11-7-27-8-12(28-11)18(23,24)25/h7-10H,1-6H2,(H2,26,29,30,31)/t9-,10-/m1/s1. The van der Waals surface area contributed by atoms with Crippen molar-refractivity contribution in [1.29, 1.82) is 0 Å². The van der Waals surface area contributed by atoms with E-state index >= 15 is 0 Å². The third-order valence-electron chi connectivity index (χ3n) is 5.57. The van der Waals surface area contributed by atoms with Gasteiger partial charge in [0.15, 0.2) is 11.5 Å². The molecule has 2 aliphatic rings. The van der Waals surface area contributed by atoms with Gasteiger partial charge in [0, 0.05) is 37.8 Å². The van der Waals surface area contributed by atoms with Crippen LogP contribution in [0, 0.1) is 0 Å². The summed E-state index contributed by atoms with van der Waals surface area (Å²) in [4.78, 5) is 20.0. The van der Waals surface area contributed by atoms with Crippen LogP contribution in [0.3, 0.4) is 0 Å². The molecule has 174 valence electrons. The van der Waals surface area contributed by atoms with Crippen molar-refractivity contribution in [2.75, 3.05) is 10.6 Å². The fourth-order valence-corrected chi connectivity index (χ4v) is 4.17. The van der Waals surface area contributed by atoms with Crippen molar-refractivity contribution in [2.45, 2.75) is 68.6 Å². The summed E-state index contributed by atoms with van der Waals surface area (Å²) >= 11 is 0. The van der Waals surface area contributed by atoms with Crippen molar-refractivity contribution in [2.24, 2.45) is 0 Å². The summed E-state index contributed by atoms with van der Waals surface area (Å²) in [6.07, 6.45) is -5.28. The third-order valence-corrected chi connectivity index (χ3v) is 5.57. The fraction of sp³-hybridized carbons (Fsp3) is 0.611. The molecule has 32 heavy (non-hydrogen) atoms. The van der Waals surface area contributed by atoms with Gasteiger partial charge in [-0.2, -0.15) is 28.1 Å². The van der Waals surface area contributed by atoms with E-state index in [1.165, 1.54) is 4.90 Å². The first-order chi connectivity index (χ1) is 14.8. The summed E-state index contributed by atoms with van der Waals surface area (Å²) in [6.45, 7) is 0. The lowest BCUT2D eigenvalue weighted by Crippen LogP contribution is -2.43. The lowest BCUT2D eigenvalue weighted by atomic mass is 10.1. The van der Waals surface area contributed by atoms with E-state index in [4.69, 9.17) is 5.73 Å². The maximum Gasteiger partial charge on any atom is 0.434 e. The van der Waals surface area contributed by atoms with Crippen LogP contribution in [-0.4, -0.2) is 48.8 Å². The first-order valence-electron chi connectivity index (χ1n) is 9.78. The zero-order valence-electron chi connectivity index (χ0n) is 16.5. The monoisotopic (exact) mass is 465 g/mol. The molecule has 2 aromatic heterocycles. The van der Waals surface area contributed by atoms with Crippen molar-refractivity contribution < 1.29 is 30.7 Å². The van der Waals surface area contributed by atoms with Crippen LogP contribution in [-0.2, 0) is 6.18 Å². The van der Waals surface area contributed by atoms with Crippen LogP contribution in [0.5, 0.6) is 0 Å². The molecule has 2 fully saturated rings. The van der Waals surface area contributed by atoms with Crippen molar-refractivity contribution in [3.05, 3.63) is 18.1 Å². The number of hydrogen-bond donors (Lipinski definition) is 1. The molecule has 0 aromatic carbocycles. The number of rotatable bonds is 4. The average Bonchev–Trinajstić information content (AvgIpc) is 3.22. The number of nitrogen functional groups attached to an aromatic ring is 1. The average molecular weight is 465 g/mol. The van der Waals surface area contributed by atoms with Crippen molar-refractivity contribution in [3.63, 3.8) is 0 Å². The molecule has 2 atom stereocenters. The molecular formula is C18H18F7N7. The highest BCUT2D eigenvalue weighted by Gasteiger charge is 2.49. The Hall–Kier alpha value is -2.80. The number of nitrogens with zero attached hydrogens (tertiary/aromatic N) is 6. The van der Waals surface area contributed by atoms with Crippen molar-refractivity contribution >= 4 is 11.9 Å². The molecule has 2 aromatic rings. The Morgan fingerprint density at radius 3 is 1.97 bits per heavy atom. The Kier molecular flexibility index (Phi) is 5.36. The third kappa shape index (κ3) is 4.67. The van der Waals surface area contributed by atoms with E-state index in [1.807, 2.05) is 0 Å². The lowest BCUT2D eigenvalue weighted by Gasteiger charge is -2.34. The van der Waals surface area contributed by atoms with Crippen LogP contribution in [0.4, 0.5) is 42.6 Å². The largest absolute Gasteiger partial charge is 0.434 e. The number of alkyl halides is 7. The first-order valence-corrected chi connectivity index (χ1v) is 9.78. The van der Waals surface area contributed by atoms with E-state index in [0.29, 0.717) is 6.20 Å². The topological polar surface area (TPSA) is 93.7 Å². The molecule has 0 spiro atoms. The highest BCUT2D eigenvalue weighted by molar-refractivity contribution is 5.53. The highest BCUT2D eigenvalue weighted by Crippen LogP contribution is 2.44. The van der Waals surface area contributed by atoms with Crippen LogP contribution in [0.25, 0.3) is 11.5 Å². The van der Waals surface area contributed by atoms with E-state index in [9.17, 15) is 30.7 Å². The van der Waals surface area contributed by atoms with E-state index in [2.05, 4.69) is 24.9 Å². The summed E-state index contributed by atoms with van der Waals surface area (Å²) in [6, 6.07) is -1.68. The Morgan fingerprint density at radius 2 is 1.47 bits per heavy atom. The van der Waals surface area contributed by atoms with E-state index in [1.54, 1.807) is 0 Å². The smallest absolute Gasteiger partial charge is 0.368 e. The van der Waals surface area contributed by atoms with Crippen LogP contribution >= 0.6 is 0 Å². The van der Waals surface area contributed by atoms with Crippen LogP contribution in [0.1, 0.15) is 44.2 Å². The Bertz CT molecular complexity index is 972. The van der Waals surface area contributed by atoms with E-state index in [-0.39, 0.29) is 30.3 Å². The summed E-state index contributed by atoms with van der Waals surface area (Å²) < 4.78 is 94.6. The SMILES string of the molecule is Nc1nc(-c2cncc(C(F)(F)F)n2)nc(N([C@@H]2CCC(F)(F)C2)[C@@H]2CCC(F)(F)C2)n1. The van der Waals surface area contributed by atoms with Crippen LogP contribution < -0.4 is 10.6 Å². The van der Waals surface area contributed by atoms with Crippen molar-refractivity contribution in [3.8, 4) is 11.5 Å². The number of hydrogen-bond acceptors (Lipinski definition) is 7. The highest BCUT2D eigenvalue weighted by atomic mass is 19.4. The van der Waals surface area contributed by atoms with Crippen LogP contribution in [0.15, 0.2) is 12.4 Å². The summed E-state index contributed by atoms with van der Waals surface area (Å²) in [5.74, 6) is -6.98. The number of aromatic nitrogens is 5. The molecule has 14 heteroatoms. The molecule has 0 radical (unpaired) electrons. The second-order valence-electron chi connectivity index (χ2n) is 8.02. The Balaban J connectivity index is 1.75. The molecule has 0 amide bonds. The fourth-order valence-electron chi connectivity index (χ4n) is 4.17. The number of anilines is 2. The van der Waals surface area contributed by atoms with Gasteiger partial charge in [0.2, 0.25) is 23.7 Å². The van der Waals surface area contributed by atoms with Gasteiger partial charge in [-0.1, -0.05) is 0 Å². The molecule has 2 heterocycles. The molecule has 0 aliphatic heterocycles. The predicted octanol–water partition coefficient (Wildman–Crippen LogP) is 4.11. The molecule has 0 unspecified atom stereocenters. The maximum absolute atomic E-state index is 13.9. The minimum Gasteiger partial charge on any atom is -0.368 e. The van der Waals surface area contributed by atoms with Gasteiger partial charge >= 0.3 is 6.18 Å². The van der Waals surface area contributed by atoms with Gasteiger partial charge in [-0.05, 0) is 12.8 Å². The van der Waals surface area contributed by atoms with Gasteiger partial charge in [-0.25, -0.2) is 22.5 Å². The summed E-state index contributed by atoms with van der Waals surface area (Å²) in [5, 5.41) is 0. The Morgan fingerprint density at radius 1 is 0.875 bits per heavy atom. The summed E-state index contributed by atoms with van der Waals surface area (Å²) in [7, 11) is 0. The molecular weight excluding hydrogens is 447 g/mol. The molecule has 0 saturated heterocycles. The van der Waals surface area contributed by atoms with Crippen LogP contribution in [0.2, 0.25) is 0 Å².